The molecule has 0 aromatic heterocycles. The number of nitrogens with one attached hydrogen (secondary N) is 2. The maximum absolute atomic E-state index is 5.37. The Morgan fingerprint density at radius 1 is 1.25 bits per heavy atom. The summed E-state index contributed by atoms with van der Waals surface area (Å²) in [7, 11) is 0. The zero-order valence-electron chi connectivity index (χ0n) is 15.1. The van der Waals surface area contributed by atoms with E-state index in [0.29, 0.717) is 12.6 Å². The van der Waals surface area contributed by atoms with E-state index >= 15 is 0 Å². The number of ether oxygens (including phenoxy) is 1. The molecule has 1 atom stereocenters. The van der Waals surface area contributed by atoms with Crippen LogP contribution in [0.2, 0.25) is 0 Å². The number of hydrogen-bond acceptors (Lipinski definition) is 3. The molecule has 24 heavy (non-hydrogen) atoms. The van der Waals surface area contributed by atoms with Crippen molar-refractivity contribution >= 4 is 5.96 Å². The van der Waals surface area contributed by atoms with Crippen molar-refractivity contribution in [2.24, 2.45) is 4.99 Å². The molecule has 1 unspecified atom stereocenters. The highest BCUT2D eigenvalue weighted by Gasteiger charge is 2.24. The van der Waals surface area contributed by atoms with Gasteiger partial charge in [0.1, 0.15) is 0 Å². The topological polar surface area (TPSA) is 48.9 Å². The standard InChI is InChI=1S/C19H32N4O/c1-3-20-19(21-12-14-24-4-2)22-15-18-11-8-13-23(18)16-17-9-6-5-7-10-17/h5-7,9-10,18H,3-4,8,11-16H2,1-2H3,(H2,20,21,22). The molecule has 0 saturated carbocycles. The van der Waals surface area contributed by atoms with Gasteiger partial charge < -0.3 is 15.4 Å². The molecule has 1 aromatic carbocycles. The summed E-state index contributed by atoms with van der Waals surface area (Å²) >= 11 is 0. The number of hydrogen-bond donors (Lipinski definition) is 2. The van der Waals surface area contributed by atoms with Crippen LogP contribution in [0.25, 0.3) is 0 Å². The van der Waals surface area contributed by atoms with Gasteiger partial charge in [0.15, 0.2) is 5.96 Å². The summed E-state index contributed by atoms with van der Waals surface area (Å²) < 4.78 is 5.37. The lowest BCUT2D eigenvalue weighted by atomic mass is 10.2. The van der Waals surface area contributed by atoms with Crippen LogP contribution in [0.3, 0.4) is 0 Å². The van der Waals surface area contributed by atoms with Gasteiger partial charge in [0.05, 0.1) is 13.2 Å². The van der Waals surface area contributed by atoms with Gasteiger partial charge in [0.2, 0.25) is 0 Å². The van der Waals surface area contributed by atoms with Crippen molar-refractivity contribution in [2.75, 3.05) is 39.4 Å². The van der Waals surface area contributed by atoms with E-state index < -0.39 is 0 Å². The Kier molecular flexibility index (Phi) is 8.63. The van der Waals surface area contributed by atoms with Crippen LogP contribution in [0, 0.1) is 0 Å². The van der Waals surface area contributed by atoms with Crippen molar-refractivity contribution in [3.8, 4) is 0 Å². The molecule has 5 nitrogen and oxygen atoms in total. The average molecular weight is 332 g/mol. The van der Waals surface area contributed by atoms with Crippen LogP contribution in [0.4, 0.5) is 0 Å². The lowest BCUT2D eigenvalue weighted by molar-refractivity contribution is 0.152. The molecule has 134 valence electrons. The molecule has 0 bridgehead atoms. The fourth-order valence-corrected chi connectivity index (χ4v) is 3.05. The third-order valence-electron chi connectivity index (χ3n) is 4.27. The minimum absolute atomic E-state index is 0.535. The monoisotopic (exact) mass is 332 g/mol. The Morgan fingerprint density at radius 2 is 2.08 bits per heavy atom. The quantitative estimate of drug-likeness (QED) is 0.414. The fraction of sp³-hybridized carbons (Fsp3) is 0.632. The van der Waals surface area contributed by atoms with Gasteiger partial charge in [-0.2, -0.15) is 0 Å². The molecule has 1 aliphatic rings. The van der Waals surface area contributed by atoms with Crippen molar-refractivity contribution in [1.82, 2.24) is 15.5 Å². The van der Waals surface area contributed by atoms with Gasteiger partial charge in [-0.3, -0.25) is 9.89 Å². The molecule has 1 aliphatic heterocycles. The molecule has 0 radical (unpaired) electrons. The van der Waals surface area contributed by atoms with Crippen molar-refractivity contribution in [3.05, 3.63) is 35.9 Å². The minimum atomic E-state index is 0.535. The highest BCUT2D eigenvalue weighted by molar-refractivity contribution is 5.79. The van der Waals surface area contributed by atoms with E-state index in [9.17, 15) is 0 Å². The van der Waals surface area contributed by atoms with Crippen LogP contribution in [0.15, 0.2) is 35.3 Å². The molecule has 1 fully saturated rings. The molecule has 0 aliphatic carbocycles. The van der Waals surface area contributed by atoms with E-state index in [4.69, 9.17) is 9.73 Å². The van der Waals surface area contributed by atoms with Crippen LogP contribution in [-0.4, -0.2) is 56.3 Å². The lowest BCUT2D eigenvalue weighted by Crippen LogP contribution is -2.40. The number of rotatable bonds is 9. The van der Waals surface area contributed by atoms with Crippen LogP contribution in [0.5, 0.6) is 0 Å². The van der Waals surface area contributed by atoms with Gasteiger partial charge in [-0.1, -0.05) is 30.3 Å². The molecular weight excluding hydrogens is 300 g/mol. The third-order valence-corrected chi connectivity index (χ3v) is 4.27. The number of aliphatic imine (C=N–C) groups is 1. The van der Waals surface area contributed by atoms with E-state index in [-0.39, 0.29) is 0 Å². The van der Waals surface area contributed by atoms with Crippen molar-refractivity contribution in [3.63, 3.8) is 0 Å². The van der Waals surface area contributed by atoms with E-state index in [1.807, 2.05) is 6.92 Å². The fourth-order valence-electron chi connectivity index (χ4n) is 3.05. The summed E-state index contributed by atoms with van der Waals surface area (Å²) in [4.78, 5) is 7.34. The SMILES string of the molecule is CCNC(=NCC1CCCN1Cc1ccccc1)NCCOCC. The molecular formula is C19H32N4O. The van der Waals surface area contributed by atoms with E-state index in [1.165, 1.54) is 24.9 Å². The average Bonchev–Trinajstić information content (AvgIpc) is 3.04. The number of nitrogens with zero attached hydrogens (tertiary/aromatic N) is 2. The van der Waals surface area contributed by atoms with Gasteiger partial charge in [-0.05, 0) is 38.8 Å². The molecule has 0 amide bonds. The lowest BCUT2D eigenvalue weighted by Gasteiger charge is -2.23. The number of guanidine groups is 1. The normalized spacial score (nSPS) is 18.8. The van der Waals surface area contributed by atoms with Gasteiger partial charge in [0, 0.05) is 32.3 Å². The molecule has 0 spiro atoms. The summed E-state index contributed by atoms with van der Waals surface area (Å²) in [5, 5.41) is 6.65. The molecule has 5 heteroatoms. The first-order chi connectivity index (χ1) is 11.8. The molecule has 2 rings (SSSR count). The smallest absolute Gasteiger partial charge is 0.191 e. The van der Waals surface area contributed by atoms with Crippen LogP contribution >= 0.6 is 0 Å². The third kappa shape index (κ3) is 6.49. The first-order valence-corrected chi connectivity index (χ1v) is 9.21. The Hall–Kier alpha value is -1.59. The second kappa shape index (κ2) is 11.0. The second-order valence-electron chi connectivity index (χ2n) is 6.10. The largest absolute Gasteiger partial charge is 0.380 e. The summed E-state index contributed by atoms with van der Waals surface area (Å²) in [5.41, 5.74) is 1.38. The van der Waals surface area contributed by atoms with Gasteiger partial charge in [-0.15, -0.1) is 0 Å². The van der Waals surface area contributed by atoms with Crippen molar-refractivity contribution in [1.29, 1.82) is 0 Å². The maximum atomic E-state index is 5.37. The van der Waals surface area contributed by atoms with Crippen molar-refractivity contribution in [2.45, 2.75) is 39.3 Å². The number of likely N-dealkylation sites (tertiary alicyclic amines) is 1. The number of benzene rings is 1. The van der Waals surface area contributed by atoms with E-state index in [2.05, 4.69) is 52.8 Å². The second-order valence-corrected chi connectivity index (χ2v) is 6.10. The van der Waals surface area contributed by atoms with Crippen LogP contribution in [0.1, 0.15) is 32.3 Å². The summed E-state index contributed by atoms with van der Waals surface area (Å²) in [6.45, 7) is 10.3. The summed E-state index contributed by atoms with van der Waals surface area (Å²) in [6, 6.07) is 11.3. The first kappa shape index (κ1) is 18.7. The Bertz CT molecular complexity index is 478. The van der Waals surface area contributed by atoms with Crippen LogP contribution in [-0.2, 0) is 11.3 Å². The molecule has 1 saturated heterocycles. The summed E-state index contributed by atoms with van der Waals surface area (Å²) in [6.07, 6.45) is 2.50. The van der Waals surface area contributed by atoms with Gasteiger partial charge in [-0.25, -0.2) is 0 Å². The zero-order chi connectivity index (χ0) is 17.0. The van der Waals surface area contributed by atoms with Crippen LogP contribution < -0.4 is 10.6 Å². The summed E-state index contributed by atoms with van der Waals surface area (Å²) in [5.74, 6) is 0.892. The molecule has 1 heterocycles. The highest BCUT2D eigenvalue weighted by atomic mass is 16.5. The molecule has 2 N–H and O–H groups in total. The predicted octanol–water partition coefficient (Wildman–Crippen LogP) is 2.24. The Labute approximate surface area is 146 Å². The first-order valence-electron chi connectivity index (χ1n) is 9.21. The van der Waals surface area contributed by atoms with Gasteiger partial charge >= 0.3 is 0 Å². The Morgan fingerprint density at radius 3 is 2.83 bits per heavy atom. The predicted molar refractivity (Wildman–Crippen MR) is 100 cm³/mol. The zero-order valence-corrected chi connectivity index (χ0v) is 15.1. The Balaban J connectivity index is 1.84. The highest BCUT2D eigenvalue weighted by Crippen LogP contribution is 2.20. The van der Waals surface area contributed by atoms with Gasteiger partial charge in [0.25, 0.3) is 0 Å². The van der Waals surface area contributed by atoms with E-state index in [1.54, 1.807) is 0 Å². The van der Waals surface area contributed by atoms with Crippen molar-refractivity contribution < 1.29 is 4.74 Å². The minimum Gasteiger partial charge on any atom is -0.380 e. The van der Waals surface area contributed by atoms with E-state index in [0.717, 1.165) is 38.7 Å². The maximum Gasteiger partial charge on any atom is 0.191 e. The molecule has 1 aromatic rings.